The molecule has 1 atom stereocenters. The first-order valence-corrected chi connectivity index (χ1v) is 7.51. The molecule has 2 N–H and O–H groups in total. The lowest BCUT2D eigenvalue weighted by Crippen LogP contribution is -2.03. The molecule has 0 heterocycles. The number of hydrogen-bond acceptors (Lipinski definition) is 2. The Bertz CT molecular complexity index is 664. The maximum absolute atomic E-state index is 13.3. The van der Waals surface area contributed by atoms with E-state index >= 15 is 0 Å². The van der Waals surface area contributed by atoms with E-state index in [2.05, 4.69) is 0 Å². The fraction of sp³-hybridized carbons (Fsp3) is 0.143. The predicted molar refractivity (Wildman–Crippen MR) is 75.8 cm³/mol. The Hall–Kier alpha value is -1.30. The van der Waals surface area contributed by atoms with Crippen LogP contribution in [0.3, 0.4) is 0 Å². The molecule has 0 aromatic heterocycles. The molecule has 1 unspecified atom stereocenters. The normalized spacial score (nSPS) is 12.4. The quantitative estimate of drug-likeness (QED) is 0.940. The summed E-state index contributed by atoms with van der Waals surface area (Å²) in [7, 11) is -1.38. The summed E-state index contributed by atoms with van der Waals surface area (Å²) in [5, 5.41) is -0.0717. The van der Waals surface area contributed by atoms with Gasteiger partial charge in [0.25, 0.3) is 0 Å². The number of hydrogen-bond donors (Lipinski definition) is 1. The second-order valence-corrected chi connectivity index (χ2v) is 6.05. The van der Waals surface area contributed by atoms with Crippen LogP contribution in [0, 0.1) is 11.6 Å². The maximum atomic E-state index is 13.3. The van der Waals surface area contributed by atoms with Gasteiger partial charge in [-0.05, 0) is 29.8 Å². The SMILES string of the molecule is NCc1cc(CS(=O)c2ccc(F)c(Cl)c2)ccc1F. The molecule has 0 radical (unpaired) electrons. The second-order valence-electron chi connectivity index (χ2n) is 4.20. The summed E-state index contributed by atoms with van der Waals surface area (Å²) < 4.78 is 38.5. The summed E-state index contributed by atoms with van der Waals surface area (Å²) in [4.78, 5) is 0.426. The molecule has 0 bridgehead atoms. The van der Waals surface area contributed by atoms with Crippen LogP contribution in [0.4, 0.5) is 8.78 Å². The first kappa shape index (κ1) is 15.1. The van der Waals surface area contributed by atoms with E-state index in [1.807, 2.05) is 0 Å². The molecule has 0 spiro atoms. The average Bonchev–Trinajstić information content (AvgIpc) is 2.43. The van der Waals surface area contributed by atoms with Crippen LogP contribution in [-0.4, -0.2) is 4.21 Å². The molecule has 6 heteroatoms. The molecule has 0 aliphatic carbocycles. The fourth-order valence-corrected chi connectivity index (χ4v) is 3.09. The minimum Gasteiger partial charge on any atom is -0.326 e. The number of rotatable bonds is 4. The Morgan fingerprint density at radius 1 is 1.10 bits per heavy atom. The highest BCUT2D eigenvalue weighted by molar-refractivity contribution is 7.84. The van der Waals surface area contributed by atoms with E-state index in [1.165, 1.54) is 24.3 Å². The monoisotopic (exact) mass is 315 g/mol. The van der Waals surface area contributed by atoms with Gasteiger partial charge in [-0.2, -0.15) is 0 Å². The van der Waals surface area contributed by atoms with E-state index in [4.69, 9.17) is 17.3 Å². The minimum absolute atomic E-state index is 0.0717. The lowest BCUT2D eigenvalue weighted by molar-refractivity contribution is 0.610. The predicted octanol–water partition coefficient (Wildman–Crippen LogP) is 3.38. The topological polar surface area (TPSA) is 43.1 Å². The van der Waals surface area contributed by atoms with Gasteiger partial charge in [0.05, 0.1) is 21.6 Å². The van der Waals surface area contributed by atoms with Gasteiger partial charge in [0.2, 0.25) is 0 Å². The fourth-order valence-electron chi connectivity index (χ4n) is 1.73. The number of halogens is 3. The highest BCUT2D eigenvalue weighted by Crippen LogP contribution is 2.21. The highest BCUT2D eigenvalue weighted by Gasteiger charge is 2.10. The van der Waals surface area contributed by atoms with Gasteiger partial charge in [0.1, 0.15) is 11.6 Å². The molecule has 2 aromatic rings. The van der Waals surface area contributed by atoms with Crippen LogP contribution in [0.1, 0.15) is 11.1 Å². The van der Waals surface area contributed by atoms with Crippen LogP contribution >= 0.6 is 11.6 Å². The van der Waals surface area contributed by atoms with E-state index in [1.54, 1.807) is 12.1 Å². The summed E-state index contributed by atoms with van der Waals surface area (Å²) in [5.74, 6) is -0.749. The van der Waals surface area contributed by atoms with E-state index in [0.717, 1.165) is 0 Å². The van der Waals surface area contributed by atoms with Gasteiger partial charge in [-0.3, -0.25) is 4.21 Å². The highest BCUT2D eigenvalue weighted by atomic mass is 35.5. The van der Waals surface area contributed by atoms with Crippen molar-refractivity contribution in [3.8, 4) is 0 Å². The number of nitrogens with two attached hydrogens (primary N) is 1. The molecular weight excluding hydrogens is 304 g/mol. The zero-order valence-electron chi connectivity index (χ0n) is 10.4. The molecule has 2 aromatic carbocycles. The molecule has 20 heavy (non-hydrogen) atoms. The van der Waals surface area contributed by atoms with Gasteiger partial charge in [-0.25, -0.2) is 8.78 Å². The third-order valence-electron chi connectivity index (χ3n) is 2.78. The van der Waals surface area contributed by atoms with Crippen molar-refractivity contribution in [1.29, 1.82) is 0 Å². The van der Waals surface area contributed by atoms with Gasteiger partial charge in [0.15, 0.2) is 0 Å². The van der Waals surface area contributed by atoms with Crippen molar-refractivity contribution in [2.75, 3.05) is 0 Å². The van der Waals surface area contributed by atoms with Crippen molar-refractivity contribution in [1.82, 2.24) is 0 Å². The van der Waals surface area contributed by atoms with Gasteiger partial charge in [-0.1, -0.05) is 23.7 Å². The van der Waals surface area contributed by atoms with Crippen molar-refractivity contribution in [2.45, 2.75) is 17.2 Å². The van der Waals surface area contributed by atoms with Crippen LogP contribution in [0.25, 0.3) is 0 Å². The van der Waals surface area contributed by atoms with Crippen LogP contribution in [0.5, 0.6) is 0 Å². The summed E-state index contributed by atoms with van der Waals surface area (Å²) in [6.07, 6.45) is 0. The maximum Gasteiger partial charge on any atom is 0.141 e. The molecular formula is C14H12ClF2NOS. The van der Waals surface area contributed by atoms with Crippen molar-refractivity contribution in [3.63, 3.8) is 0 Å². The molecule has 2 rings (SSSR count). The Kier molecular flexibility index (Phi) is 4.86. The van der Waals surface area contributed by atoms with Crippen molar-refractivity contribution >= 4 is 22.4 Å². The van der Waals surface area contributed by atoms with Gasteiger partial charge in [0, 0.05) is 17.0 Å². The molecule has 106 valence electrons. The Morgan fingerprint density at radius 3 is 2.45 bits per heavy atom. The van der Waals surface area contributed by atoms with E-state index in [9.17, 15) is 13.0 Å². The zero-order chi connectivity index (χ0) is 14.7. The second kappa shape index (κ2) is 6.43. The summed E-state index contributed by atoms with van der Waals surface area (Å²) in [5.41, 5.74) is 6.49. The third kappa shape index (κ3) is 3.42. The molecule has 0 saturated carbocycles. The smallest absolute Gasteiger partial charge is 0.141 e. The minimum atomic E-state index is -1.38. The van der Waals surface area contributed by atoms with Crippen molar-refractivity contribution in [2.24, 2.45) is 5.73 Å². The van der Waals surface area contributed by atoms with Gasteiger partial charge < -0.3 is 5.73 Å². The van der Waals surface area contributed by atoms with E-state index < -0.39 is 16.6 Å². The Balaban J connectivity index is 2.21. The first-order valence-electron chi connectivity index (χ1n) is 5.82. The van der Waals surface area contributed by atoms with Gasteiger partial charge in [-0.15, -0.1) is 0 Å². The van der Waals surface area contributed by atoms with Crippen LogP contribution in [0.15, 0.2) is 41.3 Å². The Labute approximate surface area is 123 Å². The van der Waals surface area contributed by atoms with E-state index in [0.29, 0.717) is 16.0 Å². The molecule has 0 amide bonds. The molecule has 0 saturated heterocycles. The zero-order valence-corrected chi connectivity index (χ0v) is 12.0. The first-order chi connectivity index (χ1) is 9.51. The largest absolute Gasteiger partial charge is 0.326 e. The molecule has 0 aliphatic heterocycles. The Morgan fingerprint density at radius 2 is 1.80 bits per heavy atom. The number of benzene rings is 2. The standard InChI is InChI=1S/C14H12ClF2NOS/c15-12-6-11(2-4-14(12)17)20(19)8-9-1-3-13(16)10(5-9)7-18/h1-6H,7-8,18H2. The van der Waals surface area contributed by atoms with Crippen LogP contribution in [0.2, 0.25) is 5.02 Å². The van der Waals surface area contributed by atoms with Gasteiger partial charge >= 0.3 is 0 Å². The van der Waals surface area contributed by atoms with Crippen molar-refractivity contribution in [3.05, 3.63) is 64.2 Å². The lowest BCUT2D eigenvalue weighted by atomic mass is 10.1. The molecule has 0 aliphatic rings. The summed E-state index contributed by atoms with van der Waals surface area (Å²) in [6.45, 7) is 0.0781. The van der Waals surface area contributed by atoms with Crippen LogP contribution in [-0.2, 0) is 23.1 Å². The lowest BCUT2D eigenvalue weighted by Gasteiger charge is -2.06. The molecule has 0 fully saturated rings. The van der Waals surface area contributed by atoms with E-state index in [-0.39, 0.29) is 23.1 Å². The average molecular weight is 316 g/mol. The third-order valence-corrected chi connectivity index (χ3v) is 4.45. The molecule has 2 nitrogen and oxygen atoms in total. The van der Waals surface area contributed by atoms with Crippen LogP contribution < -0.4 is 5.73 Å². The summed E-state index contributed by atoms with van der Waals surface area (Å²) >= 11 is 5.65. The summed E-state index contributed by atoms with van der Waals surface area (Å²) in [6, 6.07) is 8.36. The van der Waals surface area contributed by atoms with Crippen molar-refractivity contribution < 1.29 is 13.0 Å².